The Kier molecular flexibility index (Phi) is 7.80. The van der Waals surface area contributed by atoms with E-state index >= 15 is 0 Å². The number of piperidine rings is 1. The average Bonchev–Trinajstić information content (AvgIpc) is 3.35. The molecule has 2 aliphatic rings. The molecule has 5 rings (SSSR count). The normalized spacial score (nSPS) is 18.4. The topological polar surface area (TPSA) is 67.7 Å². The number of aryl methyl sites for hydroxylation is 1. The van der Waals surface area contributed by atoms with Crippen LogP contribution in [-0.4, -0.2) is 70.8 Å². The number of ether oxygens (including phenoxy) is 1. The van der Waals surface area contributed by atoms with Gasteiger partial charge in [0.15, 0.2) is 0 Å². The lowest BCUT2D eigenvalue weighted by molar-refractivity contribution is -0.143. The third kappa shape index (κ3) is 6.17. The Hall–Kier alpha value is -3.71. The fraction of sp³-hybridized carbons (Fsp3) is 0.367. The molecule has 3 heterocycles. The third-order valence-corrected chi connectivity index (χ3v) is 7.11. The molecule has 0 bridgehead atoms. The zero-order valence-corrected chi connectivity index (χ0v) is 21.4. The first-order valence-corrected chi connectivity index (χ1v) is 13.1. The molecule has 1 unspecified atom stereocenters. The number of carbonyl (C=O) groups excluding carboxylic acids is 2. The smallest absolute Gasteiger partial charge is 0.246 e. The second-order valence-electron chi connectivity index (χ2n) is 9.88. The van der Waals surface area contributed by atoms with Crippen molar-refractivity contribution in [1.29, 1.82) is 0 Å². The van der Waals surface area contributed by atoms with Crippen LogP contribution in [0.25, 0.3) is 17.3 Å². The molecule has 0 radical (unpaired) electrons. The summed E-state index contributed by atoms with van der Waals surface area (Å²) in [4.78, 5) is 29.8. The molecule has 1 atom stereocenters. The van der Waals surface area contributed by atoms with Crippen LogP contribution in [0.1, 0.15) is 29.5 Å². The maximum Gasteiger partial charge on any atom is 0.246 e. The van der Waals surface area contributed by atoms with Crippen LogP contribution >= 0.6 is 0 Å². The van der Waals surface area contributed by atoms with Gasteiger partial charge in [-0.15, -0.1) is 0 Å². The highest BCUT2D eigenvalue weighted by Gasteiger charge is 2.31. The Balaban J connectivity index is 1.32. The standard InChI is InChI=1S/C30H34N4O3/c1-23-9-11-25(12-10-23)29-26(22-34(31-29)20-24-6-3-2-4-7-24)13-14-28(35)33-15-5-8-27(21-33)30(36)32-16-18-37-19-17-32/h2-4,6-7,9-14,22,27H,5,8,15-21H2,1H3/b14-13+. The maximum atomic E-state index is 13.2. The summed E-state index contributed by atoms with van der Waals surface area (Å²) in [6.45, 7) is 6.31. The van der Waals surface area contributed by atoms with Crippen molar-refractivity contribution in [2.75, 3.05) is 39.4 Å². The van der Waals surface area contributed by atoms with Crippen molar-refractivity contribution in [2.45, 2.75) is 26.3 Å². The quantitative estimate of drug-likeness (QED) is 0.482. The summed E-state index contributed by atoms with van der Waals surface area (Å²) in [7, 11) is 0. The van der Waals surface area contributed by atoms with Gasteiger partial charge in [-0.2, -0.15) is 5.10 Å². The molecule has 0 spiro atoms. The lowest BCUT2D eigenvalue weighted by atomic mass is 9.96. The fourth-order valence-electron chi connectivity index (χ4n) is 5.03. The van der Waals surface area contributed by atoms with Gasteiger partial charge in [-0.25, -0.2) is 0 Å². The molecule has 2 aromatic carbocycles. The first-order valence-electron chi connectivity index (χ1n) is 13.1. The van der Waals surface area contributed by atoms with Gasteiger partial charge >= 0.3 is 0 Å². The predicted molar refractivity (Wildman–Crippen MR) is 144 cm³/mol. The zero-order valence-electron chi connectivity index (χ0n) is 21.4. The van der Waals surface area contributed by atoms with Gasteiger partial charge < -0.3 is 14.5 Å². The number of aromatic nitrogens is 2. The highest BCUT2D eigenvalue weighted by Crippen LogP contribution is 2.25. The number of hydrogen-bond acceptors (Lipinski definition) is 4. The van der Waals surface area contributed by atoms with Crippen LogP contribution in [0, 0.1) is 12.8 Å². The van der Waals surface area contributed by atoms with Gasteiger partial charge in [-0.3, -0.25) is 14.3 Å². The van der Waals surface area contributed by atoms with E-state index < -0.39 is 0 Å². The molecule has 7 nitrogen and oxygen atoms in total. The molecule has 1 aromatic heterocycles. The number of hydrogen-bond donors (Lipinski definition) is 0. The van der Waals surface area contributed by atoms with Gasteiger partial charge in [0.2, 0.25) is 11.8 Å². The van der Waals surface area contributed by atoms with E-state index in [0.717, 1.165) is 35.2 Å². The number of benzene rings is 2. The van der Waals surface area contributed by atoms with E-state index in [1.807, 2.05) is 45.0 Å². The van der Waals surface area contributed by atoms with E-state index in [0.29, 0.717) is 45.9 Å². The zero-order chi connectivity index (χ0) is 25.6. The Bertz CT molecular complexity index is 1240. The molecule has 37 heavy (non-hydrogen) atoms. The second-order valence-corrected chi connectivity index (χ2v) is 9.88. The van der Waals surface area contributed by atoms with Gasteiger partial charge in [0, 0.05) is 49.6 Å². The van der Waals surface area contributed by atoms with E-state index in [2.05, 4.69) is 43.3 Å². The van der Waals surface area contributed by atoms with Gasteiger partial charge in [0.25, 0.3) is 0 Å². The average molecular weight is 499 g/mol. The van der Waals surface area contributed by atoms with E-state index in [1.54, 1.807) is 6.08 Å². The Morgan fingerprint density at radius 3 is 2.51 bits per heavy atom. The van der Waals surface area contributed by atoms with Gasteiger partial charge in [-0.05, 0) is 31.4 Å². The van der Waals surface area contributed by atoms with E-state index in [-0.39, 0.29) is 17.7 Å². The summed E-state index contributed by atoms with van der Waals surface area (Å²) in [5, 5.41) is 4.86. The molecule has 0 saturated carbocycles. The Labute approximate surface area is 218 Å². The maximum absolute atomic E-state index is 13.2. The number of amides is 2. The minimum Gasteiger partial charge on any atom is -0.378 e. The lowest BCUT2D eigenvalue weighted by Crippen LogP contribution is -2.49. The van der Waals surface area contributed by atoms with Crippen LogP contribution in [0.2, 0.25) is 0 Å². The lowest BCUT2D eigenvalue weighted by Gasteiger charge is -2.35. The number of morpholine rings is 1. The molecule has 2 amide bonds. The van der Waals surface area contributed by atoms with Crippen LogP contribution < -0.4 is 0 Å². The largest absolute Gasteiger partial charge is 0.378 e. The summed E-state index contributed by atoms with van der Waals surface area (Å²) >= 11 is 0. The molecule has 0 N–H and O–H groups in total. The van der Waals surface area contributed by atoms with Crippen molar-refractivity contribution < 1.29 is 14.3 Å². The van der Waals surface area contributed by atoms with Gasteiger partial charge in [0.1, 0.15) is 0 Å². The summed E-state index contributed by atoms with van der Waals surface area (Å²) in [5.74, 6) is -0.0558. The van der Waals surface area contributed by atoms with Crippen LogP contribution in [-0.2, 0) is 20.9 Å². The number of likely N-dealkylation sites (tertiary alicyclic amines) is 1. The summed E-state index contributed by atoms with van der Waals surface area (Å²) in [5.41, 5.74) is 5.10. The molecule has 192 valence electrons. The minimum atomic E-state index is -0.138. The molecule has 2 aliphatic heterocycles. The van der Waals surface area contributed by atoms with Crippen molar-refractivity contribution in [1.82, 2.24) is 19.6 Å². The van der Waals surface area contributed by atoms with E-state index in [1.165, 1.54) is 5.56 Å². The molecule has 2 saturated heterocycles. The molecule has 3 aromatic rings. The highest BCUT2D eigenvalue weighted by atomic mass is 16.5. The van der Waals surface area contributed by atoms with Crippen LogP contribution in [0.3, 0.4) is 0 Å². The predicted octanol–water partition coefficient (Wildman–Crippen LogP) is 4.02. The first-order chi connectivity index (χ1) is 18.1. The minimum absolute atomic E-state index is 0.0647. The summed E-state index contributed by atoms with van der Waals surface area (Å²) in [6, 6.07) is 18.5. The Morgan fingerprint density at radius 2 is 1.76 bits per heavy atom. The fourth-order valence-corrected chi connectivity index (χ4v) is 5.03. The van der Waals surface area contributed by atoms with Crippen molar-refractivity contribution in [3.8, 4) is 11.3 Å². The second kappa shape index (κ2) is 11.6. The number of rotatable bonds is 6. The Morgan fingerprint density at radius 1 is 1.00 bits per heavy atom. The molecular weight excluding hydrogens is 464 g/mol. The van der Waals surface area contributed by atoms with Gasteiger partial charge in [-0.1, -0.05) is 60.2 Å². The number of nitrogens with zero attached hydrogens (tertiary/aromatic N) is 4. The third-order valence-electron chi connectivity index (χ3n) is 7.11. The van der Waals surface area contributed by atoms with Gasteiger partial charge in [0.05, 0.1) is 31.4 Å². The first kappa shape index (κ1) is 25.0. The number of carbonyl (C=O) groups is 2. The highest BCUT2D eigenvalue weighted by molar-refractivity contribution is 5.93. The van der Waals surface area contributed by atoms with Crippen LogP contribution in [0.15, 0.2) is 66.9 Å². The molecule has 7 heteroatoms. The van der Waals surface area contributed by atoms with Crippen LogP contribution in [0.4, 0.5) is 0 Å². The van der Waals surface area contributed by atoms with E-state index in [9.17, 15) is 9.59 Å². The molecular formula is C30H34N4O3. The van der Waals surface area contributed by atoms with Crippen molar-refractivity contribution in [3.63, 3.8) is 0 Å². The summed E-state index contributed by atoms with van der Waals surface area (Å²) in [6.07, 6.45) is 7.15. The summed E-state index contributed by atoms with van der Waals surface area (Å²) < 4.78 is 7.30. The SMILES string of the molecule is Cc1ccc(-c2nn(Cc3ccccc3)cc2/C=C/C(=O)N2CCCC(C(=O)N3CCOCC3)C2)cc1. The van der Waals surface area contributed by atoms with Crippen molar-refractivity contribution in [2.24, 2.45) is 5.92 Å². The van der Waals surface area contributed by atoms with Crippen molar-refractivity contribution in [3.05, 3.63) is 83.6 Å². The monoisotopic (exact) mass is 498 g/mol. The van der Waals surface area contributed by atoms with Crippen molar-refractivity contribution >= 4 is 17.9 Å². The van der Waals surface area contributed by atoms with E-state index in [4.69, 9.17) is 9.84 Å². The molecule has 0 aliphatic carbocycles. The van der Waals surface area contributed by atoms with Crippen LogP contribution in [0.5, 0.6) is 0 Å². The molecule has 2 fully saturated rings.